The molecule has 1 heterocycles. The molecule has 0 radical (unpaired) electrons. The van der Waals surface area contributed by atoms with Gasteiger partial charge in [0.25, 0.3) is 0 Å². The van der Waals surface area contributed by atoms with E-state index in [1.807, 2.05) is 0 Å². The number of nitro groups is 1. The Balaban J connectivity index is 3.07. The van der Waals surface area contributed by atoms with Crippen LogP contribution in [0.1, 0.15) is 11.5 Å². The summed E-state index contributed by atoms with van der Waals surface area (Å²) >= 11 is 0. The van der Waals surface area contributed by atoms with Gasteiger partial charge in [0.15, 0.2) is 5.76 Å². The number of rotatable bonds is 2. The van der Waals surface area contributed by atoms with Crippen molar-refractivity contribution >= 4 is 5.69 Å². The van der Waals surface area contributed by atoms with Gasteiger partial charge in [0.05, 0.1) is 17.5 Å². The maximum atomic E-state index is 10.3. The van der Waals surface area contributed by atoms with E-state index in [0.29, 0.717) is 11.5 Å². The van der Waals surface area contributed by atoms with Crippen molar-refractivity contribution < 1.29 is 9.34 Å². The van der Waals surface area contributed by atoms with E-state index in [-0.39, 0.29) is 12.2 Å². The minimum atomic E-state index is -0.488. The van der Waals surface area contributed by atoms with Gasteiger partial charge in [-0.05, 0) is 0 Å². The van der Waals surface area contributed by atoms with Gasteiger partial charge in [-0.15, -0.1) is 0 Å². The zero-order chi connectivity index (χ0) is 8.43. The van der Waals surface area contributed by atoms with Crippen LogP contribution in [0.3, 0.4) is 0 Å². The molecule has 60 valence electrons. The number of nitrogens with two attached hydrogens (primary N) is 1. The molecule has 0 saturated heterocycles. The summed E-state index contributed by atoms with van der Waals surface area (Å²) in [6.07, 6.45) is 0. The quantitative estimate of drug-likeness (QED) is 0.510. The molecule has 1 aromatic rings. The van der Waals surface area contributed by atoms with Crippen molar-refractivity contribution in [2.75, 3.05) is 0 Å². The monoisotopic (exact) mass is 156 g/mol. The van der Waals surface area contributed by atoms with Gasteiger partial charge >= 0.3 is 5.69 Å². The topological polar surface area (TPSA) is 82.3 Å². The summed E-state index contributed by atoms with van der Waals surface area (Å²) in [5, 5.41) is 10.3. The maximum absolute atomic E-state index is 10.3. The first-order chi connectivity index (χ1) is 5.15. The second-order valence-electron chi connectivity index (χ2n) is 2.12. The molecule has 1 aromatic heterocycles. The van der Waals surface area contributed by atoms with Crippen molar-refractivity contribution in [3.8, 4) is 0 Å². The average Bonchev–Trinajstić information content (AvgIpc) is 2.30. The summed E-state index contributed by atoms with van der Waals surface area (Å²) in [5.74, 6) is 0.740. The van der Waals surface area contributed by atoms with Crippen LogP contribution in [0.25, 0.3) is 0 Å². The van der Waals surface area contributed by atoms with Gasteiger partial charge in [0.2, 0.25) is 0 Å². The summed E-state index contributed by atoms with van der Waals surface area (Å²) in [7, 11) is 0. The second kappa shape index (κ2) is 2.71. The van der Waals surface area contributed by atoms with E-state index in [0.717, 1.165) is 0 Å². The van der Waals surface area contributed by atoms with Crippen LogP contribution in [0.5, 0.6) is 0 Å². The van der Waals surface area contributed by atoms with Crippen LogP contribution < -0.4 is 5.73 Å². The van der Waals surface area contributed by atoms with Crippen molar-refractivity contribution in [1.29, 1.82) is 0 Å². The lowest BCUT2D eigenvalue weighted by Crippen LogP contribution is -1.92. The molecule has 2 N–H and O–H groups in total. The molecule has 0 fully saturated rings. The minimum absolute atomic E-state index is 0.00884. The number of hydrogen-bond donors (Lipinski definition) is 1. The summed E-state index contributed by atoms with van der Waals surface area (Å²) in [4.78, 5) is 9.77. The van der Waals surface area contributed by atoms with Gasteiger partial charge in [0.1, 0.15) is 5.76 Å². The fourth-order valence-corrected chi connectivity index (χ4v) is 0.814. The first-order valence-corrected chi connectivity index (χ1v) is 3.09. The Morgan fingerprint density at radius 3 is 2.73 bits per heavy atom. The van der Waals surface area contributed by atoms with Gasteiger partial charge in [-0.3, -0.25) is 10.1 Å². The summed E-state index contributed by atoms with van der Waals surface area (Å²) in [5.41, 5.74) is 5.21. The lowest BCUT2D eigenvalue weighted by Gasteiger charge is -1.83. The molecule has 0 saturated carbocycles. The Morgan fingerprint density at radius 2 is 2.45 bits per heavy atom. The Kier molecular flexibility index (Phi) is 1.91. The lowest BCUT2D eigenvalue weighted by molar-refractivity contribution is -0.385. The fraction of sp³-hybridized carbons (Fsp3) is 0.333. The molecule has 0 aliphatic heterocycles. The van der Waals surface area contributed by atoms with Crippen molar-refractivity contribution in [1.82, 2.24) is 0 Å². The summed E-state index contributed by atoms with van der Waals surface area (Å²) in [6, 6.07) is 1.34. The third-order valence-electron chi connectivity index (χ3n) is 1.34. The van der Waals surface area contributed by atoms with Crippen LogP contribution in [0.2, 0.25) is 0 Å². The molecule has 1 rings (SSSR count). The molecule has 5 heteroatoms. The highest BCUT2D eigenvalue weighted by Gasteiger charge is 2.15. The highest BCUT2D eigenvalue weighted by molar-refractivity contribution is 5.34. The molecule has 0 bridgehead atoms. The molecule has 0 aliphatic carbocycles. The molecule has 0 spiro atoms. The zero-order valence-corrected chi connectivity index (χ0v) is 6.03. The average molecular weight is 156 g/mol. The molecule has 5 nitrogen and oxygen atoms in total. The maximum Gasteiger partial charge on any atom is 0.310 e. The largest absolute Gasteiger partial charge is 0.458 e. The van der Waals surface area contributed by atoms with Gasteiger partial charge < -0.3 is 10.2 Å². The molecule has 11 heavy (non-hydrogen) atoms. The molecule has 0 aromatic carbocycles. The highest BCUT2D eigenvalue weighted by atomic mass is 16.6. The van der Waals surface area contributed by atoms with Crippen LogP contribution in [0.4, 0.5) is 5.69 Å². The zero-order valence-electron chi connectivity index (χ0n) is 6.03. The standard InChI is InChI=1S/C6H8N2O3/c1-4-6(8(9)10)2-5(3-7)11-4/h2H,3,7H2,1H3. The van der Waals surface area contributed by atoms with E-state index < -0.39 is 4.92 Å². The minimum Gasteiger partial charge on any atom is -0.458 e. The third-order valence-corrected chi connectivity index (χ3v) is 1.34. The van der Waals surface area contributed by atoms with E-state index in [1.54, 1.807) is 0 Å². The molecule has 0 amide bonds. The molecular weight excluding hydrogens is 148 g/mol. The van der Waals surface area contributed by atoms with Crippen LogP contribution in [-0.2, 0) is 6.54 Å². The lowest BCUT2D eigenvalue weighted by atomic mass is 10.4. The van der Waals surface area contributed by atoms with Crippen molar-refractivity contribution in [2.45, 2.75) is 13.5 Å². The second-order valence-corrected chi connectivity index (χ2v) is 2.12. The summed E-state index contributed by atoms with van der Waals surface area (Å²) in [6.45, 7) is 1.73. The Labute approximate surface area is 62.9 Å². The van der Waals surface area contributed by atoms with Crippen molar-refractivity contribution in [3.05, 3.63) is 27.7 Å². The van der Waals surface area contributed by atoms with E-state index in [4.69, 9.17) is 10.2 Å². The predicted octanol–water partition coefficient (Wildman–Crippen LogP) is 0.955. The van der Waals surface area contributed by atoms with Crippen molar-refractivity contribution in [2.24, 2.45) is 5.73 Å². The van der Waals surface area contributed by atoms with E-state index in [9.17, 15) is 10.1 Å². The highest BCUT2D eigenvalue weighted by Crippen LogP contribution is 2.21. The number of hydrogen-bond acceptors (Lipinski definition) is 4. The number of aryl methyl sites for hydroxylation is 1. The van der Waals surface area contributed by atoms with Gasteiger partial charge in [-0.25, -0.2) is 0 Å². The summed E-state index contributed by atoms with van der Waals surface area (Å²) < 4.78 is 4.96. The van der Waals surface area contributed by atoms with E-state index in [2.05, 4.69) is 0 Å². The molecule has 0 aliphatic rings. The fourth-order valence-electron chi connectivity index (χ4n) is 0.814. The molecular formula is C6H8N2O3. The van der Waals surface area contributed by atoms with Crippen molar-refractivity contribution in [3.63, 3.8) is 0 Å². The van der Waals surface area contributed by atoms with Crippen LogP contribution >= 0.6 is 0 Å². The number of furan rings is 1. The van der Waals surface area contributed by atoms with E-state index >= 15 is 0 Å². The van der Waals surface area contributed by atoms with Crippen LogP contribution in [-0.4, -0.2) is 4.92 Å². The molecule has 0 atom stereocenters. The smallest absolute Gasteiger partial charge is 0.310 e. The number of nitrogens with zero attached hydrogens (tertiary/aromatic N) is 1. The van der Waals surface area contributed by atoms with Crippen LogP contribution in [0.15, 0.2) is 10.5 Å². The Bertz CT molecular complexity index is 279. The SMILES string of the molecule is Cc1oc(CN)cc1[N+](=O)[O-]. The first-order valence-electron chi connectivity index (χ1n) is 3.09. The van der Waals surface area contributed by atoms with Crippen LogP contribution in [0, 0.1) is 17.0 Å². The predicted molar refractivity (Wildman–Crippen MR) is 38.0 cm³/mol. The van der Waals surface area contributed by atoms with Gasteiger partial charge in [-0.2, -0.15) is 0 Å². The first kappa shape index (κ1) is 7.74. The van der Waals surface area contributed by atoms with Gasteiger partial charge in [-0.1, -0.05) is 0 Å². The normalized spacial score (nSPS) is 10.0. The Morgan fingerprint density at radius 1 is 1.82 bits per heavy atom. The molecule has 0 unspecified atom stereocenters. The van der Waals surface area contributed by atoms with Gasteiger partial charge in [0, 0.05) is 6.92 Å². The Hall–Kier alpha value is -1.36. The third kappa shape index (κ3) is 1.38. The van der Waals surface area contributed by atoms with E-state index in [1.165, 1.54) is 13.0 Å².